The number of hydrogen-bond acceptors (Lipinski definition) is 2. The third kappa shape index (κ3) is 4.28. The monoisotopic (exact) mass is 388 g/mol. The first-order chi connectivity index (χ1) is 9.22. The highest BCUT2D eigenvalue weighted by Crippen LogP contribution is 2.34. The Balaban J connectivity index is 2.22. The Morgan fingerprint density at radius 1 is 1.26 bits per heavy atom. The average Bonchev–Trinajstić information content (AvgIpc) is 2.44. The summed E-state index contributed by atoms with van der Waals surface area (Å²) in [5.74, 6) is 0. The van der Waals surface area contributed by atoms with Crippen LogP contribution in [0, 0.1) is 0 Å². The summed E-state index contributed by atoms with van der Waals surface area (Å²) in [6, 6.07) is 7.06. The van der Waals surface area contributed by atoms with E-state index < -0.39 is 0 Å². The van der Waals surface area contributed by atoms with Gasteiger partial charge in [0.1, 0.15) is 0 Å². The van der Waals surface area contributed by atoms with Crippen LogP contribution in [0.25, 0.3) is 0 Å². The van der Waals surface area contributed by atoms with Crippen molar-refractivity contribution in [2.45, 2.75) is 32.2 Å². The molecule has 1 atom stereocenters. The molecular formula is C15H22Br2N2. The number of unbranched alkanes of at least 4 members (excludes halogenated alkanes) is 1. The smallest absolute Gasteiger partial charge is 0.0360 e. The molecule has 1 N–H and O–H groups in total. The molecule has 1 aliphatic heterocycles. The van der Waals surface area contributed by atoms with Gasteiger partial charge >= 0.3 is 0 Å². The fourth-order valence-electron chi connectivity index (χ4n) is 2.70. The van der Waals surface area contributed by atoms with Crippen molar-refractivity contribution < 1.29 is 0 Å². The molecule has 1 aromatic carbocycles. The van der Waals surface area contributed by atoms with Gasteiger partial charge in [0.05, 0.1) is 0 Å². The SMILES string of the molecule is CCCC[C@H](c1cc(Br)ccc1Br)N1CCNCC1. The molecule has 1 heterocycles. The minimum Gasteiger partial charge on any atom is -0.314 e. The maximum atomic E-state index is 3.73. The predicted molar refractivity (Wildman–Crippen MR) is 88.6 cm³/mol. The van der Waals surface area contributed by atoms with E-state index in [1.54, 1.807) is 0 Å². The van der Waals surface area contributed by atoms with Crippen LogP contribution in [0.2, 0.25) is 0 Å². The van der Waals surface area contributed by atoms with Crippen LogP contribution in [-0.4, -0.2) is 31.1 Å². The van der Waals surface area contributed by atoms with E-state index in [4.69, 9.17) is 0 Å². The van der Waals surface area contributed by atoms with E-state index in [0.29, 0.717) is 6.04 Å². The van der Waals surface area contributed by atoms with Crippen LogP contribution in [0.4, 0.5) is 0 Å². The zero-order chi connectivity index (χ0) is 13.7. The second kappa shape index (κ2) is 7.77. The predicted octanol–water partition coefficient (Wildman–Crippen LogP) is 4.35. The molecule has 4 heteroatoms. The van der Waals surface area contributed by atoms with Crippen LogP contribution in [0.15, 0.2) is 27.1 Å². The molecule has 2 rings (SSSR count). The molecule has 0 bridgehead atoms. The van der Waals surface area contributed by atoms with E-state index in [1.807, 2.05) is 0 Å². The quantitative estimate of drug-likeness (QED) is 0.805. The second-order valence-corrected chi connectivity index (χ2v) is 6.88. The lowest BCUT2D eigenvalue weighted by atomic mass is 9.99. The number of rotatable bonds is 5. The van der Waals surface area contributed by atoms with Crippen molar-refractivity contribution in [1.29, 1.82) is 0 Å². The summed E-state index contributed by atoms with van der Waals surface area (Å²) in [5.41, 5.74) is 1.42. The molecule has 0 spiro atoms. The maximum absolute atomic E-state index is 3.73. The highest BCUT2D eigenvalue weighted by atomic mass is 79.9. The standard InChI is InChI=1S/C15H22Br2N2/c1-2-3-4-15(19-9-7-18-8-10-19)13-11-12(16)5-6-14(13)17/h5-6,11,15,18H,2-4,7-10H2,1H3/t15-/m1/s1. The average molecular weight is 390 g/mol. The summed E-state index contributed by atoms with van der Waals surface area (Å²) in [6.45, 7) is 6.77. The molecule has 19 heavy (non-hydrogen) atoms. The number of nitrogens with one attached hydrogen (secondary N) is 1. The molecule has 0 unspecified atom stereocenters. The van der Waals surface area contributed by atoms with Crippen LogP contribution in [-0.2, 0) is 0 Å². The molecule has 0 aliphatic carbocycles. The van der Waals surface area contributed by atoms with Crippen molar-refractivity contribution >= 4 is 31.9 Å². The van der Waals surface area contributed by atoms with Gasteiger partial charge in [0, 0.05) is 41.2 Å². The summed E-state index contributed by atoms with van der Waals surface area (Å²) >= 11 is 7.33. The lowest BCUT2D eigenvalue weighted by molar-refractivity contribution is 0.162. The molecule has 1 aromatic rings. The lowest BCUT2D eigenvalue weighted by Gasteiger charge is -2.36. The number of nitrogens with zero attached hydrogens (tertiary/aromatic N) is 1. The Bertz CT molecular complexity index is 403. The first-order valence-corrected chi connectivity index (χ1v) is 8.70. The van der Waals surface area contributed by atoms with Gasteiger partial charge in [0.25, 0.3) is 0 Å². The molecule has 0 radical (unpaired) electrons. The third-order valence-corrected chi connectivity index (χ3v) is 4.96. The summed E-state index contributed by atoms with van der Waals surface area (Å²) in [4.78, 5) is 2.62. The van der Waals surface area contributed by atoms with Crippen molar-refractivity contribution in [1.82, 2.24) is 10.2 Å². The summed E-state index contributed by atoms with van der Waals surface area (Å²) in [6.07, 6.45) is 3.79. The number of benzene rings is 1. The zero-order valence-corrected chi connectivity index (χ0v) is 14.6. The van der Waals surface area contributed by atoms with E-state index in [-0.39, 0.29) is 0 Å². The van der Waals surface area contributed by atoms with Gasteiger partial charge in [0.2, 0.25) is 0 Å². The van der Waals surface area contributed by atoms with Crippen molar-refractivity contribution in [3.05, 3.63) is 32.7 Å². The highest BCUT2D eigenvalue weighted by Gasteiger charge is 2.23. The molecule has 1 aliphatic rings. The van der Waals surface area contributed by atoms with Crippen LogP contribution in [0.5, 0.6) is 0 Å². The molecular weight excluding hydrogens is 368 g/mol. The van der Waals surface area contributed by atoms with Crippen molar-refractivity contribution in [2.24, 2.45) is 0 Å². The number of hydrogen-bond donors (Lipinski definition) is 1. The van der Waals surface area contributed by atoms with Crippen LogP contribution < -0.4 is 5.32 Å². The van der Waals surface area contributed by atoms with Crippen LogP contribution >= 0.6 is 31.9 Å². The van der Waals surface area contributed by atoms with Crippen molar-refractivity contribution in [2.75, 3.05) is 26.2 Å². The van der Waals surface area contributed by atoms with Crippen molar-refractivity contribution in [3.63, 3.8) is 0 Å². The zero-order valence-electron chi connectivity index (χ0n) is 11.5. The minimum absolute atomic E-state index is 0.536. The lowest BCUT2D eigenvalue weighted by Crippen LogP contribution is -2.45. The van der Waals surface area contributed by atoms with Crippen LogP contribution in [0.3, 0.4) is 0 Å². The Hall–Kier alpha value is 0.1000. The molecule has 1 saturated heterocycles. The summed E-state index contributed by atoms with van der Waals surface area (Å²) in [7, 11) is 0. The van der Waals surface area contributed by atoms with E-state index >= 15 is 0 Å². The Morgan fingerprint density at radius 2 is 2.00 bits per heavy atom. The number of piperazine rings is 1. The molecule has 0 aromatic heterocycles. The fourth-order valence-corrected chi connectivity index (χ4v) is 3.59. The topological polar surface area (TPSA) is 15.3 Å². The van der Waals surface area contributed by atoms with Gasteiger partial charge in [-0.1, -0.05) is 51.6 Å². The van der Waals surface area contributed by atoms with Gasteiger partial charge in [0.15, 0.2) is 0 Å². The second-order valence-electron chi connectivity index (χ2n) is 5.11. The summed E-state index contributed by atoms with van der Waals surface area (Å²) in [5, 5.41) is 3.44. The van der Waals surface area contributed by atoms with Gasteiger partial charge in [-0.2, -0.15) is 0 Å². The van der Waals surface area contributed by atoms with Gasteiger partial charge in [-0.25, -0.2) is 0 Å². The fraction of sp³-hybridized carbons (Fsp3) is 0.600. The maximum Gasteiger partial charge on any atom is 0.0360 e. The molecule has 0 amide bonds. The summed E-state index contributed by atoms with van der Waals surface area (Å²) < 4.78 is 2.40. The Morgan fingerprint density at radius 3 is 2.68 bits per heavy atom. The molecule has 2 nitrogen and oxygen atoms in total. The highest BCUT2D eigenvalue weighted by molar-refractivity contribution is 9.11. The van der Waals surface area contributed by atoms with Gasteiger partial charge < -0.3 is 5.32 Å². The first-order valence-electron chi connectivity index (χ1n) is 7.12. The Kier molecular flexibility index (Phi) is 6.33. The molecule has 1 fully saturated rings. The van der Waals surface area contributed by atoms with Crippen molar-refractivity contribution in [3.8, 4) is 0 Å². The minimum atomic E-state index is 0.536. The Labute approximate surface area is 133 Å². The third-order valence-electron chi connectivity index (χ3n) is 3.74. The first kappa shape index (κ1) is 15.5. The molecule has 106 valence electrons. The van der Waals surface area contributed by atoms with E-state index in [0.717, 1.165) is 26.2 Å². The largest absolute Gasteiger partial charge is 0.314 e. The number of halogens is 2. The van der Waals surface area contributed by atoms with E-state index in [9.17, 15) is 0 Å². The molecule has 0 saturated carbocycles. The van der Waals surface area contributed by atoms with Gasteiger partial charge in [-0.3, -0.25) is 4.90 Å². The van der Waals surface area contributed by atoms with Gasteiger partial charge in [-0.15, -0.1) is 0 Å². The normalized spacial score (nSPS) is 18.5. The van der Waals surface area contributed by atoms with Crippen LogP contribution in [0.1, 0.15) is 37.8 Å². The van der Waals surface area contributed by atoms with E-state index in [1.165, 1.54) is 33.8 Å². The van der Waals surface area contributed by atoms with E-state index in [2.05, 4.69) is 67.2 Å². The van der Waals surface area contributed by atoms with Gasteiger partial charge in [-0.05, 0) is 30.2 Å².